The molecule has 17 heteroatoms. The summed E-state index contributed by atoms with van der Waals surface area (Å²) >= 11 is 0. The number of carboxylic acid groups (broad SMARTS) is 2. The van der Waals surface area contributed by atoms with Gasteiger partial charge in [0, 0.05) is 28.9 Å². The summed E-state index contributed by atoms with van der Waals surface area (Å²) in [5, 5.41) is 24.8. The number of esters is 1. The third-order valence-corrected chi connectivity index (χ3v) is 5.75. The number of rotatable bonds is 8. The highest BCUT2D eigenvalue weighted by atomic mass is 19.4. The summed E-state index contributed by atoms with van der Waals surface area (Å²) < 4.78 is 68.4. The van der Waals surface area contributed by atoms with Crippen LogP contribution in [0.5, 0.6) is 0 Å². The van der Waals surface area contributed by atoms with Gasteiger partial charge in [0.25, 0.3) is 5.91 Å². The van der Waals surface area contributed by atoms with Crippen LogP contribution in [0.15, 0.2) is 72.9 Å². The fourth-order valence-corrected chi connectivity index (χ4v) is 3.45. The van der Waals surface area contributed by atoms with Crippen molar-refractivity contribution in [1.82, 2.24) is 10.3 Å². The lowest BCUT2D eigenvalue weighted by molar-refractivity contribution is -0.193. The summed E-state index contributed by atoms with van der Waals surface area (Å²) in [6.07, 6.45) is -8.11. The molecular formula is C29H28F6N4O7. The van der Waals surface area contributed by atoms with E-state index in [4.69, 9.17) is 35.7 Å². The number of methoxy groups -OCH3 is 1. The fraction of sp³-hybridized carbons (Fsp3) is 0.241. The number of alkyl halides is 6. The molecule has 6 N–H and O–H groups in total. The number of benzene rings is 2. The zero-order valence-electron chi connectivity index (χ0n) is 24.0. The number of halogens is 6. The first-order chi connectivity index (χ1) is 21.3. The van der Waals surface area contributed by atoms with E-state index in [1.54, 1.807) is 43.5 Å². The van der Waals surface area contributed by atoms with E-state index in [0.29, 0.717) is 17.5 Å². The van der Waals surface area contributed by atoms with E-state index in [9.17, 15) is 35.9 Å². The number of pyridine rings is 1. The highest BCUT2D eigenvalue weighted by Gasteiger charge is 2.39. The summed E-state index contributed by atoms with van der Waals surface area (Å²) in [5.41, 5.74) is 9.20. The second kappa shape index (κ2) is 17.1. The zero-order valence-corrected chi connectivity index (χ0v) is 24.0. The maximum Gasteiger partial charge on any atom is 0.490 e. The van der Waals surface area contributed by atoms with Gasteiger partial charge in [-0.3, -0.25) is 20.0 Å². The predicted octanol–water partition coefficient (Wildman–Crippen LogP) is 4.45. The molecule has 0 saturated carbocycles. The Morgan fingerprint density at radius 2 is 1.43 bits per heavy atom. The molecule has 0 saturated heterocycles. The SMILES string of the molecule is COC(=O)[C@H](Cc1cccc(C(=N)N)c1)[C@@H](C)NC(=O)c1ccc(-c2ccccn2)cc1.O=C(O)C(F)(F)F.O=C(O)C(F)(F)F. The molecule has 0 fully saturated rings. The molecule has 3 aromatic rings. The minimum absolute atomic E-state index is 0.0445. The van der Waals surface area contributed by atoms with Gasteiger partial charge in [0.2, 0.25) is 0 Å². The molecule has 3 rings (SSSR count). The summed E-state index contributed by atoms with van der Waals surface area (Å²) in [4.78, 5) is 47.3. The standard InChI is InChI=1S/C25H26N4O3.2C2HF3O2/c1-16(21(25(31)32-2)15-17-6-5-7-20(14-17)23(26)27)29-24(30)19-11-9-18(10-12-19)22-8-3-4-13-28-22;2*3-2(4,5)1(6)7/h3-14,16,21H,15H2,1-2H3,(H3,26,27)(H,29,30);2*(H,6,7)/t16-,21-;;/m1../s1. The lowest BCUT2D eigenvalue weighted by Gasteiger charge is -2.23. The van der Waals surface area contributed by atoms with Gasteiger partial charge < -0.3 is 26.0 Å². The normalized spacial score (nSPS) is 12.1. The molecule has 0 unspecified atom stereocenters. The van der Waals surface area contributed by atoms with Crippen LogP contribution in [0.1, 0.15) is 28.4 Å². The number of ether oxygens (including phenoxy) is 1. The average molecular weight is 659 g/mol. The van der Waals surface area contributed by atoms with Crippen LogP contribution < -0.4 is 11.1 Å². The van der Waals surface area contributed by atoms with Crippen molar-refractivity contribution >= 4 is 29.7 Å². The van der Waals surface area contributed by atoms with Crippen molar-refractivity contribution < 1.29 is 60.5 Å². The number of hydrogen-bond acceptors (Lipinski definition) is 7. The third-order valence-electron chi connectivity index (χ3n) is 5.75. The van der Waals surface area contributed by atoms with Gasteiger partial charge in [-0.1, -0.05) is 36.4 Å². The number of carbonyl (C=O) groups is 4. The topological polar surface area (TPSA) is 193 Å². The molecule has 0 aliphatic rings. The van der Waals surface area contributed by atoms with E-state index < -0.39 is 42.2 Å². The molecule has 46 heavy (non-hydrogen) atoms. The van der Waals surface area contributed by atoms with Crippen LogP contribution in [0.3, 0.4) is 0 Å². The Labute approximate surface area is 257 Å². The lowest BCUT2D eigenvalue weighted by Crippen LogP contribution is -2.42. The lowest BCUT2D eigenvalue weighted by atomic mass is 9.92. The molecule has 11 nitrogen and oxygen atoms in total. The van der Waals surface area contributed by atoms with Crippen molar-refractivity contribution in [3.05, 3.63) is 89.6 Å². The number of nitrogens with one attached hydrogen (secondary N) is 2. The fourth-order valence-electron chi connectivity index (χ4n) is 3.45. The minimum Gasteiger partial charge on any atom is -0.475 e. The average Bonchev–Trinajstić information content (AvgIpc) is 2.99. The number of amides is 1. The van der Waals surface area contributed by atoms with Gasteiger partial charge in [-0.2, -0.15) is 26.3 Å². The molecule has 2 atom stereocenters. The molecule has 0 aliphatic carbocycles. The Bertz CT molecular complexity index is 1470. The largest absolute Gasteiger partial charge is 0.490 e. The minimum atomic E-state index is -5.08. The van der Waals surface area contributed by atoms with Crippen molar-refractivity contribution in [2.24, 2.45) is 11.7 Å². The first kappa shape index (κ1) is 38.5. The zero-order chi connectivity index (χ0) is 35.2. The van der Waals surface area contributed by atoms with Gasteiger partial charge in [-0.05, 0) is 49.2 Å². The van der Waals surface area contributed by atoms with Crippen LogP contribution in [0, 0.1) is 11.3 Å². The molecule has 0 radical (unpaired) electrons. The molecular weight excluding hydrogens is 630 g/mol. The van der Waals surface area contributed by atoms with Crippen LogP contribution in [-0.4, -0.2) is 70.4 Å². The Morgan fingerprint density at radius 1 is 0.891 bits per heavy atom. The quantitative estimate of drug-likeness (QED) is 0.101. The number of nitrogens with two attached hydrogens (primary N) is 1. The monoisotopic (exact) mass is 658 g/mol. The van der Waals surface area contributed by atoms with Crippen molar-refractivity contribution in [3.8, 4) is 11.3 Å². The number of nitrogens with zero attached hydrogens (tertiary/aromatic N) is 1. The summed E-state index contributed by atoms with van der Waals surface area (Å²) in [6.45, 7) is 1.77. The van der Waals surface area contributed by atoms with Crippen LogP contribution in [-0.2, 0) is 25.5 Å². The number of carbonyl (C=O) groups excluding carboxylic acids is 2. The van der Waals surface area contributed by atoms with Gasteiger partial charge in [-0.15, -0.1) is 0 Å². The number of nitrogen functional groups attached to an aromatic ring is 1. The van der Waals surface area contributed by atoms with E-state index in [1.165, 1.54) is 7.11 Å². The summed E-state index contributed by atoms with van der Waals surface area (Å²) in [6, 6.07) is 19.5. The molecule has 248 valence electrons. The second-order valence-corrected chi connectivity index (χ2v) is 9.11. The molecule has 1 heterocycles. The van der Waals surface area contributed by atoms with Gasteiger partial charge in [0.05, 0.1) is 18.7 Å². The summed E-state index contributed by atoms with van der Waals surface area (Å²) in [7, 11) is 1.33. The molecule has 0 bridgehead atoms. The van der Waals surface area contributed by atoms with E-state index in [0.717, 1.165) is 16.8 Å². The number of carboxylic acids is 2. The molecule has 0 aliphatic heterocycles. The van der Waals surface area contributed by atoms with Gasteiger partial charge in [-0.25, -0.2) is 9.59 Å². The number of hydrogen-bond donors (Lipinski definition) is 5. The van der Waals surface area contributed by atoms with Gasteiger partial charge >= 0.3 is 30.3 Å². The van der Waals surface area contributed by atoms with Crippen molar-refractivity contribution in [2.45, 2.75) is 31.7 Å². The van der Waals surface area contributed by atoms with Crippen LogP contribution >= 0.6 is 0 Å². The van der Waals surface area contributed by atoms with Gasteiger partial charge in [0.1, 0.15) is 5.84 Å². The maximum absolute atomic E-state index is 12.8. The van der Waals surface area contributed by atoms with Crippen LogP contribution in [0.25, 0.3) is 11.3 Å². The Kier molecular flexibility index (Phi) is 14.3. The van der Waals surface area contributed by atoms with E-state index in [1.807, 2.05) is 36.4 Å². The predicted molar refractivity (Wildman–Crippen MR) is 151 cm³/mol. The van der Waals surface area contributed by atoms with E-state index >= 15 is 0 Å². The Balaban J connectivity index is 0.000000629. The van der Waals surface area contributed by atoms with Crippen LogP contribution in [0.2, 0.25) is 0 Å². The smallest absolute Gasteiger partial charge is 0.475 e. The number of aliphatic carboxylic acids is 2. The van der Waals surface area contributed by atoms with Crippen molar-refractivity contribution in [2.75, 3.05) is 7.11 Å². The highest BCUT2D eigenvalue weighted by Crippen LogP contribution is 2.19. The summed E-state index contributed by atoms with van der Waals surface area (Å²) in [5.74, 6) is -6.86. The second-order valence-electron chi connectivity index (χ2n) is 9.11. The first-order valence-corrected chi connectivity index (χ1v) is 12.7. The third kappa shape index (κ3) is 13.0. The first-order valence-electron chi connectivity index (χ1n) is 12.7. The van der Waals surface area contributed by atoms with Crippen LogP contribution in [0.4, 0.5) is 26.3 Å². The van der Waals surface area contributed by atoms with E-state index in [2.05, 4.69) is 10.3 Å². The number of aromatic nitrogens is 1. The van der Waals surface area contributed by atoms with E-state index in [-0.39, 0.29) is 11.7 Å². The Hall–Kier alpha value is -5.48. The number of amidine groups is 1. The van der Waals surface area contributed by atoms with Gasteiger partial charge in [0.15, 0.2) is 0 Å². The Morgan fingerprint density at radius 3 is 1.87 bits per heavy atom. The molecule has 0 spiro atoms. The molecule has 2 aromatic carbocycles. The molecule has 1 amide bonds. The van der Waals surface area contributed by atoms with Crippen molar-refractivity contribution in [1.29, 1.82) is 5.41 Å². The highest BCUT2D eigenvalue weighted by molar-refractivity contribution is 5.95. The maximum atomic E-state index is 12.8. The molecule has 1 aromatic heterocycles. The van der Waals surface area contributed by atoms with Crippen molar-refractivity contribution in [3.63, 3.8) is 0 Å².